The summed E-state index contributed by atoms with van der Waals surface area (Å²) in [6, 6.07) is 24.3. The van der Waals surface area contributed by atoms with E-state index in [1.807, 2.05) is 0 Å². The summed E-state index contributed by atoms with van der Waals surface area (Å²) >= 11 is 1.52. The van der Waals surface area contributed by atoms with Crippen LogP contribution in [0.2, 0.25) is 0 Å². The van der Waals surface area contributed by atoms with E-state index >= 15 is 0 Å². The molecule has 4 rings (SSSR count). The Kier molecular flexibility index (Phi) is 6.13. The van der Waals surface area contributed by atoms with Crippen molar-refractivity contribution in [1.82, 2.24) is 0 Å². The van der Waals surface area contributed by atoms with Crippen molar-refractivity contribution >= 4 is 44.9 Å². The van der Waals surface area contributed by atoms with Crippen molar-refractivity contribution in [2.45, 2.75) is 18.8 Å². The van der Waals surface area contributed by atoms with Gasteiger partial charge in [0, 0.05) is 0 Å². The van der Waals surface area contributed by atoms with Crippen molar-refractivity contribution < 1.29 is 24.7 Å². The summed E-state index contributed by atoms with van der Waals surface area (Å²) < 4.78 is 1.56. The molecule has 0 saturated heterocycles. The average molecular weight is 434 g/mol. The zero-order chi connectivity index (χ0) is 15.2. The number of hydrogen-bond acceptors (Lipinski definition) is 0. The normalized spacial score (nSPS) is 18.2. The molecule has 1 aliphatic rings. The summed E-state index contributed by atoms with van der Waals surface area (Å²) in [5.74, 6) is 0. The fourth-order valence-corrected chi connectivity index (χ4v) is 5.23. The van der Waals surface area contributed by atoms with Crippen LogP contribution in [0.5, 0.6) is 0 Å². The predicted molar refractivity (Wildman–Crippen MR) is 104 cm³/mol. The summed E-state index contributed by atoms with van der Waals surface area (Å²) in [6.07, 6.45) is 3.60. The standard InChI is InChI=1S/C21H17.2ClH.Zr/c1-2-21(14-17-9-3-4-10-18(17)15-21)20-13-7-11-16-8-5-6-12-19(16)20;;;/h3-14H,2H2,1H3;2*1H;. The van der Waals surface area contributed by atoms with Gasteiger partial charge in [-0.2, -0.15) is 0 Å². The SMILES string of the molecule is CCC1(c2cccc3ccccc23)C=c2ccccc2=[C]1[Zr].Cl.Cl. The molecule has 3 heteroatoms. The number of benzene rings is 3. The Bertz CT molecular complexity index is 989. The Hall–Kier alpha value is -0.877. The summed E-state index contributed by atoms with van der Waals surface area (Å²) in [5, 5.41) is 5.55. The van der Waals surface area contributed by atoms with Gasteiger partial charge in [-0.25, -0.2) is 0 Å². The maximum absolute atomic E-state index is 2.49. The van der Waals surface area contributed by atoms with E-state index in [1.165, 1.54) is 51.5 Å². The van der Waals surface area contributed by atoms with E-state index in [2.05, 4.69) is 79.7 Å². The van der Waals surface area contributed by atoms with Gasteiger partial charge >= 0.3 is 146 Å². The quantitative estimate of drug-likeness (QED) is 0.559. The maximum Gasteiger partial charge on any atom is -0.147 e. The van der Waals surface area contributed by atoms with Crippen LogP contribution in [0.1, 0.15) is 18.9 Å². The molecule has 0 aromatic heterocycles. The smallest absolute Gasteiger partial charge is 0.147 e. The van der Waals surface area contributed by atoms with Gasteiger partial charge in [0.1, 0.15) is 0 Å². The molecule has 3 aromatic rings. The minimum atomic E-state index is 0. The molecule has 1 atom stereocenters. The van der Waals surface area contributed by atoms with Gasteiger partial charge in [0.15, 0.2) is 0 Å². The summed E-state index contributed by atoms with van der Waals surface area (Å²) in [4.78, 5) is 0. The number of halogens is 2. The first-order valence-electron chi connectivity index (χ1n) is 7.79. The second kappa shape index (κ2) is 7.56. The first-order valence-corrected chi connectivity index (χ1v) is 9.02. The predicted octanol–water partition coefficient (Wildman–Crippen LogP) is 4.48. The van der Waals surface area contributed by atoms with Gasteiger partial charge in [0.25, 0.3) is 0 Å². The fourth-order valence-electron chi connectivity index (χ4n) is 3.72. The molecule has 1 unspecified atom stereocenters. The molecule has 3 aromatic carbocycles. The molecular weight excluding hydrogens is 414 g/mol. The molecule has 0 aliphatic heterocycles. The minimum absolute atomic E-state index is 0. The van der Waals surface area contributed by atoms with Crippen LogP contribution in [0.3, 0.4) is 0 Å². The first-order chi connectivity index (χ1) is 10.8. The van der Waals surface area contributed by atoms with Crippen LogP contribution in [0.4, 0.5) is 0 Å². The molecule has 0 fully saturated rings. The van der Waals surface area contributed by atoms with Crippen LogP contribution < -0.4 is 10.4 Å². The molecule has 0 spiro atoms. The minimum Gasteiger partial charge on any atom is -0.147 e. The third-order valence-electron chi connectivity index (χ3n) is 4.91. The Balaban J connectivity index is 0.00000104. The molecule has 0 N–H and O–H groups in total. The molecule has 0 nitrogen and oxygen atoms in total. The van der Waals surface area contributed by atoms with Crippen molar-refractivity contribution in [1.29, 1.82) is 0 Å². The van der Waals surface area contributed by atoms with Gasteiger partial charge in [-0.05, 0) is 0 Å². The third kappa shape index (κ3) is 2.82. The molecule has 24 heavy (non-hydrogen) atoms. The molecule has 0 radical (unpaired) electrons. The van der Waals surface area contributed by atoms with E-state index in [9.17, 15) is 0 Å². The van der Waals surface area contributed by atoms with Crippen LogP contribution in [0.15, 0.2) is 66.7 Å². The van der Waals surface area contributed by atoms with E-state index < -0.39 is 0 Å². The second-order valence-electron chi connectivity index (χ2n) is 5.96. The monoisotopic (exact) mass is 431 g/mol. The van der Waals surface area contributed by atoms with E-state index in [-0.39, 0.29) is 30.2 Å². The summed E-state index contributed by atoms with van der Waals surface area (Å²) in [7, 11) is 0. The molecule has 1 aliphatic carbocycles. The molecular formula is C21H19Cl2Zr. The maximum atomic E-state index is 2.49. The number of rotatable bonds is 2. The molecule has 0 bridgehead atoms. The Morgan fingerprint density at radius 1 is 0.833 bits per heavy atom. The molecule has 121 valence electrons. The van der Waals surface area contributed by atoms with Gasteiger partial charge in [0.2, 0.25) is 0 Å². The second-order valence-corrected chi connectivity index (χ2v) is 7.19. The van der Waals surface area contributed by atoms with Crippen LogP contribution >= 0.6 is 24.8 Å². The number of fused-ring (bicyclic) bond motifs is 2. The zero-order valence-electron chi connectivity index (χ0n) is 13.5. The van der Waals surface area contributed by atoms with Crippen LogP contribution in [-0.4, -0.2) is 0 Å². The van der Waals surface area contributed by atoms with Crippen molar-refractivity contribution in [2.75, 3.05) is 0 Å². The van der Waals surface area contributed by atoms with E-state index in [1.54, 1.807) is 3.28 Å². The van der Waals surface area contributed by atoms with Crippen molar-refractivity contribution in [3.8, 4) is 0 Å². The van der Waals surface area contributed by atoms with Crippen LogP contribution in [0.25, 0.3) is 20.1 Å². The Morgan fingerprint density at radius 3 is 2.25 bits per heavy atom. The van der Waals surface area contributed by atoms with Gasteiger partial charge in [0.05, 0.1) is 0 Å². The van der Waals surface area contributed by atoms with Crippen molar-refractivity contribution in [3.63, 3.8) is 0 Å². The number of hydrogen-bond donors (Lipinski definition) is 0. The molecule has 0 saturated carbocycles. The van der Waals surface area contributed by atoms with Crippen LogP contribution in [-0.2, 0) is 30.1 Å². The molecule has 0 amide bonds. The topological polar surface area (TPSA) is 0 Å². The first kappa shape index (κ1) is 19.4. The van der Waals surface area contributed by atoms with E-state index in [0.717, 1.165) is 6.42 Å². The average Bonchev–Trinajstić information content (AvgIpc) is 2.88. The largest absolute Gasteiger partial charge is 0.147 e. The Labute approximate surface area is 170 Å². The van der Waals surface area contributed by atoms with Gasteiger partial charge in [-0.15, -0.1) is 24.8 Å². The summed E-state index contributed by atoms with van der Waals surface area (Å²) in [5.41, 5.74) is 1.51. The zero-order valence-corrected chi connectivity index (χ0v) is 17.5. The van der Waals surface area contributed by atoms with Gasteiger partial charge < -0.3 is 0 Å². The Morgan fingerprint density at radius 2 is 1.50 bits per heavy atom. The molecule has 0 heterocycles. The van der Waals surface area contributed by atoms with E-state index in [0.29, 0.717) is 0 Å². The van der Waals surface area contributed by atoms with Crippen molar-refractivity contribution in [3.05, 3.63) is 82.7 Å². The fraction of sp³-hybridized carbons (Fsp3) is 0.143. The summed E-state index contributed by atoms with van der Waals surface area (Å²) in [6.45, 7) is 2.31. The van der Waals surface area contributed by atoms with Gasteiger partial charge in [-0.1, -0.05) is 0 Å². The van der Waals surface area contributed by atoms with Crippen molar-refractivity contribution in [2.24, 2.45) is 0 Å². The van der Waals surface area contributed by atoms with E-state index in [4.69, 9.17) is 0 Å². The van der Waals surface area contributed by atoms with Gasteiger partial charge in [-0.3, -0.25) is 0 Å². The third-order valence-corrected chi connectivity index (χ3v) is 6.66. The van der Waals surface area contributed by atoms with Crippen LogP contribution in [0, 0.1) is 0 Å².